The molecule has 2 aromatic rings. The lowest BCUT2D eigenvalue weighted by Gasteiger charge is -2.42. The summed E-state index contributed by atoms with van der Waals surface area (Å²) in [6, 6.07) is 10.5. The summed E-state index contributed by atoms with van der Waals surface area (Å²) in [6.07, 6.45) is 11.2. The number of ether oxygens (including phenoxy) is 1. The summed E-state index contributed by atoms with van der Waals surface area (Å²) < 4.78 is 6.70. The molecule has 0 saturated carbocycles. The number of halogens is 1. The molecule has 8 heteroatoms. The summed E-state index contributed by atoms with van der Waals surface area (Å²) in [5.74, 6) is 0.989. The average molecular weight is 681 g/mol. The molecule has 40 heavy (non-hydrogen) atoms. The van der Waals surface area contributed by atoms with E-state index in [1.807, 2.05) is 19.9 Å². The minimum absolute atomic E-state index is 0. The molecule has 0 unspecified atom stereocenters. The minimum Gasteiger partial charge on any atom is -1.00 e. The number of carbonyl (C=O) groups excluding carboxylic acids is 1. The third-order valence-corrected chi connectivity index (χ3v) is 9.27. The van der Waals surface area contributed by atoms with Crippen LogP contribution < -0.4 is 29.3 Å². The van der Waals surface area contributed by atoms with E-state index in [2.05, 4.69) is 55.4 Å². The van der Waals surface area contributed by atoms with Crippen molar-refractivity contribution in [2.45, 2.75) is 85.5 Å². The molecule has 0 spiro atoms. The van der Waals surface area contributed by atoms with Gasteiger partial charge >= 0.3 is 5.97 Å². The van der Waals surface area contributed by atoms with Gasteiger partial charge in [-0.05, 0) is 45.4 Å². The van der Waals surface area contributed by atoms with Crippen LogP contribution in [0, 0.1) is 12.3 Å². The second-order valence-corrected chi connectivity index (χ2v) is 13.7. The van der Waals surface area contributed by atoms with E-state index in [1.165, 1.54) is 55.4 Å². The molecule has 1 saturated heterocycles. The first-order chi connectivity index (χ1) is 18.7. The molecule has 0 atom stereocenters. The maximum atomic E-state index is 13.0. The molecule has 0 amide bonds. The maximum absolute atomic E-state index is 13.0. The summed E-state index contributed by atoms with van der Waals surface area (Å²) in [5.41, 5.74) is 2.78. The van der Waals surface area contributed by atoms with Crippen LogP contribution in [0.15, 0.2) is 35.3 Å². The highest BCUT2D eigenvalue weighted by Crippen LogP contribution is 2.39. The molecule has 222 valence electrons. The van der Waals surface area contributed by atoms with Gasteiger partial charge in [-0.3, -0.25) is 9.28 Å². The SMILES string of the molecule is CCCCCCCCCCC(C)(C)C(=O)OC[N+]1(C)CCN(C2=Nc3ccccc3Nc3sc(C)cc32)CC1.[I-]. The zero-order chi connectivity index (χ0) is 27.9. The molecule has 1 aromatic heterocycles. The molecule has 0 bridgehead atoms. The van der Waals surface area contributed by atoms with E-state index in [4.69, 9.17) is 9.73 Å². The van der Waals surface area contributed by atoms with Gasteiger partial charge in [-0.2, -0.15) is 0 Å². The third-order valence-electron chi connectivity index (χ3n) is 8.31. The van der Waals surface area contributed by atoms with Crippen molar-refractivity contribution in [2.24, 2.45) is 10.4 Å². The molecule has 2 aliphatic rings. The number of rotatable bonds is 12. The lowest BCUT2D eigenvalue weighted by atomic mass is 9.87. The summed E-state index contributed by atoms with van der Waals surface area (Å²) in [7, 11) is 2.21. The average Bonchev–Trinajstić information content (AvgIpc) is 3.21. The second-order valence-electron chi connectivity index (χ2n) is 12.4. The number of hydrogen-bond donors (Lipinski definition) is 1. The number of unbranched alkanes of at least 4 members (excludes halogenated alkanes) is 7. The van der Waals surface area contributed by atoms with Gasteiger partial charge in [0.05, 0.1) is 55.6 Å². The monoisotopic (exact) mass is 680 g/mol. The van der Waals surface area contributed by atoms with Gasteiger partial charge in [-0.1, -0.05) is 70.4 Å². The number of thiophene rings is 1. The van der Waals surface area contributed by atoms with Crippen LogP contribution in [0.5, 0.6) is 0 Å². The Bertz CT molecular complexity index is 1140. The van der Waals surface area contributed by atoms with E-state index in [1.54, 1.807) is 11.3 Å². The van der Waals surface area contributed by atoms with E-state index in [9.17, 15) is 4.79 Å². The fraction of sp³-hybridized carbons (Fsp3) is 0.625. The van der Waals surface area contributed by atoms with E-state index in [-0.39, 0.29) is 29.9 Å². The van der Waals surface area contributed by atoms with Crippen LogP contribution >= 0.6 is 11.3 Å². The van der Waals surface area contributed by atoms with Gasteiger partial charge < -0.3 is 38.9 Å². The van der Waals surface area contributed by atoms with Gasteiger partial charge in [0.2, 0.25) is 6.73 Å². The summed E-state index contributed by atoms with van der Waals surface area (Å²) in [6.45, 7) is 12.5. The predicted octanol–water partition coefficient (Wildman–Crippen LogP) is 5.02. The number of carbonyl (C=O) groups is 1. The van der Waals surface area contributed by atoms with Gasteiger partial charge in [-0.15, -0.1) is 11.3 Å². The number of likely N-dealkylation sites (N-methyl/N-ethyl adjacent to an activating group) is 1. The quantitative estimate of drug-likeness (QED) is 0.148. The van der Waals surface area contributed by atoms with Crippen molar-refractivity contribution in [1.82, 2.24) is 4.90 Å². The first-order valence-corrected chi connectivity index (χ1v) is 15.8. The van der Waals surface area contributed by atoms with Gasteiger partial charge in [0.1, 0.15) is 10.8 Å². The van der Waals surface area contributed by atoms with Crippen LogP contribution in [-0.4, -0.2) is 61.1 Å². The number of amidine groups is 1. The third kappa shape index (κ3) is 8.68. The number of nitrogens with one attached hydrogen (secondary N) is 1. The van der Waals surface area contributed by atoms with Gasteiger partial charge in [-0.25, -0.2) is 4.99 Å². The lowest BCUT2D eigenvalue weighted by molar-refractivity contribution is -0.929. The number of piperazine rings is 1. The Morgan fingerprint density at radius 2 is 1.73 bits per heavy atom. The Morgan fingerprint density at radius 1 is 1.07 bits per heavy atom. The largest absolute Gasteiger partial charge is 1.00 e. The van der Waals surface area contributed by atoms with Crippen LogP contribution in [-0.2, 0) is 9.53 Å². The maximum Gasteiger partial charge on any atom is 0.315 e. The lowest BCUT2D eigenvalue weighted by Crippen LogP contribution is -3.00. The Morgan fingerprint density at radius 3 is 2.42 bits per heavy atom. The number of para-hydroxylation sites is 2. The van der Waals surface area contributed by atoms with E-state index < -0.39 is 5.41 Å². The molecular weight excluding hydrogens is 631 g/mol. The molecule has 2 aliphatic heterocycles. The van der Waals surface area contributed by atoms with E-state index in [0.717, 1.165) is 65.7 Å². The summed E-state index contributed by atoms with van der Waals surface area (Å²) >= 11 is 1.78. The zero-order valence-corrected chi connectivity index (χ0v) is 28.2. The first kappa shape index (κ1) is 32.9. The zero-order valence-electron chi connectivity index (χ0n) is 25.2. The normalized spacial score (nSPS) is 16.1. The van der Waals surface area contributed by atoms with Crippen molar-refractivity contribution < 1.29 is 38.0 Å². The highest BCUT2D eigenvalue weighted by atomic mass is 127. The first-order valence-electron chi connectivity index (χ1n) is 15.0. The van der Waals surface area contributed by atoms with Crippen LogP contribution in [0.2, 0.25) is 0 Å². The number of benzene rings is 1. The molecule has 3 heterocycles. The molecule has 1 N–H and O–H groups in total. The smallest absolute Gasteiger partial charge is 0.315 e. The van der Waals surface area contributed by atoms with Gasteiger partial charge in [0.15, 0.2) is 0 Å². The number of aryl methyl sites for hydroxylation is 1. The number of nitrogens with zero attached hydrogens (tertiary/aromatic N) is 3. The van der Waals surface area contributed by atoms with Crippen molar-refractivity contribution in [3.05, 3.63) is 40.8 Å². The van der Waals surface area contributed by atoms with Crippen LogP contribution in [0.25, 0.3) is 0 Å². The molecule has 0 aliphatic carbocycles. The Kier molecular flexibility index (Phi) is 12.3. The van der Waals surface area contributed by atoms with Crippen molar-refractivity contribution in [2.75, 3.05) is 45.3 Å². The number of aliphatic imine (C=N–C) groups is 1. The van der Waals surface area contributed by atoms with Crippen LogP contribution in [0.1, 0.15) is 89.0 Å². The topological polar surface area (TPSA) is 53.9 Å². The van der Waals surface area contributed by atoms with E-state index in [0.29, 0.717) is 6.73 Å². The summed E-state index contributed by atoms with van der Waals surface area (Å²) in [4.78, 5) is 21.8. The van der Waals surface area contributed by atoms with Crippen molar-refractivity contribution in [3.8, 4) is 0 Å². The van der Waals surface area contributed by atoms with E-state index >= 15 is 0 Å². The van der Waals surface area contributed by atoms with Crippen molar-refractivity contribution in [3.63, 3.8) is 0 Å². The van der Waals surface area contributed by atoms with Crippen LogP contribution in [0.4, 0.5) is 16.4 Å². The number of hydrogen-bond acceptors (Lipinski definition) is 6. The number of anilines is 2. The number of esters is 1. The number of quaternary nitrogens is 1. The molecule has 1 aromatic carbocycles. The minimum atomic E-state index is -0.425. The molecule has 0 radical (unpaired) electrons. The Hall–Kier alpha value is -1.65. The molecule has 1 fully saturated rings. The molecule has 4 rings (SSSR count). The van der Waals surface area contributed by atoms with Gasteiger partial charge in [0, 0.05) is 4.88 Å². The highest BCUT2D eigenvalue weighted by Gasteiger charge is 2.36. The van der Waals surface area contributed by atoms with Crippen molar-refractivity contribution >= 4 is 39.5 Å². The second kappa shape index (κ2) is 15.0. The Balaban J connectivity index is 0.00000441. The fourth-order valence-electron chi connectivity index (χ4n) is 5.49. The molecular formula is C32H49IN4O2S. The number of fused-ring (bicyclic) bond motifs is 2. The highest BCUT2D eigenvalue weighted by molar-refractivity contribution is 7.16. The summed E-state index contributed by atoms with van der Waals surface area (Å²) in [5, 5.41) is 4.76. The molecule has 6 nitrogen and oxygen atoms in total. The van der Waals surface area contributed by atoms with Crippen LogP contribution in [0.3, 0.4) is 0 Å². The Labute approximate surface area is 263 Å². The standard InChI is InChI=1S/C32H49N4O2S.HI/c1-6-7-8-9-10-11-12-15-18-32(3,4)31(37)38-24-36(5)21-19-35(20-22-36)29-26-23-25(2)39-30(26)34-28-17-14-13-16-27(28)33-29;/h13-14,16-17,23,34H,6-12,15,18-22,24H2,1-5H3;1H/q+1;/p-1. The predicted molar refractivity (Wildman–Crippen MR) is 164 cm³/mol. The van der Waals surface area contributed by atoms with Gasteiger partial charge in [0.25, 0.3) is 0 Å². The fourth-order valence-corrected chi connectivity index (χ4v) is 6.41. The van der Waals surface area contributed by atoms with Crippen molar-refractivity contribution in [1.29, 1.82) is 0 Å².